The molecule has 2 aromatic rings. The third-order valence-electron chi connectivity index (χ3n) is 2.13. The van der Waals surface area contributed by atoms with Crippen molar-refractivity contribution in [3.05, 3.63) is 42.6 Å². The molecule has 0 saturated carbocycles. The molecule has 0 atom stereocenters. The first-order valence-electron chi connectivity index (χ1n) is 4.44. The average molecular weight is 172 g/mol. The molecule has 2 heteroatoms. The molecule has 0 amide bonds. The second-order valence-corrected chi connectivity index (χ2v) is 3.04. The van der Waals surface area contributed by atoms with Gasteiger partial charge in [-0.1, -0.05) is 24.3 Å². The van der Waals surface area contributed by atoms with Crippen molar-refractivity contribution in [1.29, 1.82) is 0 Å². The summed E-state index contributed by atoms with van der Waals surface area (Å²) >= 11 is 0. The van der Waals surface area contributed by atoms with E-state index in [2.05, 4.69) is 22.8 Å². The minimum Gasteiger partial charge on any atom is -0.278 e. The molecule has 0 radical (unpaired) electrons. The third kappa shape index (κ3) is 1.47. The second-order valence-electron chi connectivity index (χ2n) is 3.04. The lowest BCUT2D eigenvalue weighted by Gasteiger charge is -1.92. The van der Waals surface area contributed by atoms with E-state index in [1.54, 1.807) is 0 Å². The normalized spacial score (nSPS) is 10.5. The monoisotopic (exact) mass is 172 g/mol. The summed E-state index contributed by atoms with van der Waals surface area (Å²) in [6, 6.07) is 8.18. The molecule has 0 unspecified atom stereocenters. The molecule has 0 aliphatic heterocycles. The number of aromatic amines is 1. The van der Waals surface area contributed by atoms with Crippen molar-refractivity contribution in [2.45, 2.75) is 12.8 Å². The zero-order valence-electron chi connectivity index (χ0n) is 7.46. The summed E-state index contributed by atoms with van der Waals surface area (Å²) in [6.45, 7) is 3.70. The number of hydrogen-bond donors (Lipinski definition) is 1. The van der Waals surface area contributed by atoms with Crippen LogP contribution in [-0.2, 0) is 6.42 Å². The molecule has 0 aliphatic rings. The molecule has 66 valence electrons. The van der Waals surface area contributed by atoms with Gasteiger partial charge in [-0.05, 0) is 18.9 Å². The van der Waals surface area contributed by atoms with Crippen molar-refractivity contribution in [2.75, 3.05) is 0 Å². The number of H-pyrrole nitrogens is 1. The van der Waals surface area contributed by atoms with Gasteiger partial charge in [0.25, 0.3) is 0 Å². The molecule has 13 heavy (non-hydrogen) atoms. The van der Waals surface area contributed by atoms with E-state index in [0.717, 1.165) is 24.1 Å². The third-order valence-corrected chi connectivity index (χ3v) is 2.13. The predicted octanol–water partition coefficient (Wildman–Crippen LogP) is 2.68. The number of benzene rings is 1. The Hall–Kier alpha value is -1.57. The van der Waals surface area contributed by atoms with Crippen molar-refractivity contribution < 1.29 is 0 Å². The van der Waals surface area contributed by atoms with Gasteiger partial charge in [-0.25, -0.2) is 0 Å². The van der Waals surface area contributed by atoms with Crippen LogP contribution in [0.3, 0.4) is 0 Å². The summed E-state index contributed by atoms with van der Waals surface area (Å²) in [7, 11) is 0. The summed E-state index contributed by atoms with van der Waals surface area (Å²) in [4.78, 5) is 0. The Morgan fingerprint density at radius 3 is 3.08 bits per heavy atom. The number of allylic oxidation sites excluding steroid dienone is 1. The van der Waals surface area contributed by atoms with E-state index in [1.165, 1.54) is 5.39 Å². The van der Waals surface area contributed by atoms with E-state index in [4.69, 9.17) is 0 Å². The Morgan fingerprint density at radius 1 is 1.38 bits per heavy atom. The fourth-order valence-corrected chi connectivity index (χ4v) is 1.45. The topological polar surface area (TPSA) is 28.7 Å². The van der Waals surface area contributed by atoms with Crippen molar-refractivity contribution >= 4 is 10.9 Å². The van der Waals surface area contributed by atoms with E-state index in [0.29, 0.717) is 0 Å². The van der Waals surface area contributed by atoms with Gasteiger partial charge in [0.2, 0.25) is 0 Å². The lowest BCUT2D eigenvalue weighted by molar-refractivity contribution is 0.926. The van der Waals surface area contributed by atoms with Gasteiger partial charge < -0.3 is 0 Å². The van der Waals surface area contributed by atoms with E-state index in [9.17, 15) is 0 Å². The van der Waals surface area contributed by atoms with E-state index >= 15 is 0 Å². The summed E-state index contributed by atoms with van der Waals surface area (Å²) in [6.07, 6.45) is 3.87. The maximum absolute atomic E-state index is 4.26. The first-order chi connectivity index (χ1) is 6.42. The highest BCUT2D eigenvalue weighted by Crippen LogP contribution is 2.16. The molecule has 1 N–H and O–H groups in total. The van der Waals surface area contributed by atoms with Crippen molar-refractivity contribution in [3.63, 3.8) is 0 Å². The standard InChI is InChI=1S/C11H12N2/c1-2-3-7-10-9-6-4-5-8-11(9)13-12-10/h2,4-6,8H,1,3,7H2,(H,12,13). The van der Waals surface area contributed by atoms with Crippen LogP contribution in [0, 0.1) is 0 Å². The Labute approximate surface area is 77.3 Å². The Bertz CT molecular complexity index is 415. The molecule has 0 aliphatic carbocycles. The number of rotatable bonds is 3. The highest BCUT2D eigenvalue weighted by atomic mass is 15.1. The van der Waals surface area contributed by atoms with Crippen LogP contribution in [-0.4, -0.2) is 10.2 Å². The summed E-state index contributed by atoms with van der Waals surface area (Å²) < 4.78 is 0. The number of aromatic nitrogens is 2. The highest BCUT2D eigenvalue weighted by Gasteiger charge is 2.02. The molecule has 0 fully saturated rings. The van der Waals surface area contributed by atoms with Crippen molar-refractivity contribution in [1.82, 2.24) is 10.2 Å². The van der Waals surface area contributed by atoms with Crippen LogP contribution in [0.25, 0.3) is 10.9 Å². The number of aryl methyl sites for hydroxylation is 1. The smallest absolute Gasteiger partial charge is 0.0703 e. The fraction of sp³-hybridized carbons (Fsp3) is 0.182. The quantitative estimate of drug-likeness (QED) is 0.708. The van der Waals surface area contributed by atoms with Crippen molar-refractivity contribution in [2.24, 2.45) is 0 Å². The molecular formula is C11H12N2. The minimum atomic E-state index is 0.966. The lowest BCUT2D eigenvalue weighted by atomic mass is 10.1. The zero-order valence-corrected chi connectivity index (χ0v) is 7.46. The Morgan fingerprint density at radius 2 is 2.23 bits per heavy atom. The van der Waals surface area contributed by atoms with Gasteiger partial charge in [-0.15, -0.1) is 6.58 Å². The molecular weight excluding hydrogens is 160 g/mol. The van der Waals surface area contributed by atoms with Crippen molar-refractivity contribution in [3.8, 4) is 0 Å². The molecule has 2 nitrogen and oxygen atoms in total. The molecule has 1 aromatic heterocycles. The van der Waals surface area contributed by atoms with Crippen LogP contribution in [0.4, 0.5) is 0 Å². The molecule has 0 saturated heterocycles. The van der Waals surface area contributed by atoms with Gasteiger partial charge in [-0.2, -0.15) is 5.10 Å². The van der Waals surface area contributed by atoms with Gasteiger partial charge in [0.05, 0.1) is 11.2 Å². The SMILES string of the molecule is C=CCCc1n[nH]c2ccccc12. The molecule has 0 spiro atoms. The van der Waals surface area contributed by atoms with Gasteiger partial charge in [0, 0.05) is 5.39 Å². The highest BCUT2D eigenvalue weighted by molar-refractivity contribution is 5.81. The molecule has 1 heterocycles. The maximum Gasteiger partial charge on any atom is 0.0703 e. The van der Waals surface area contributed by atoms with E-state index < -0.39 is 0 Å². The van der Waals surface area contributed by atoms with Gasteiger partial charge in [0.15, 0.2) is 0 Å². The van der Waals surface area contributed by atoms with E-state index in [-0.39, 0.29) is 0 Å². The van der Waals surface area contributed by atoms with Gasteiger partial charge in [-0.3, -0.25) is 5.10 Å². The first kappa shape index (κ1) is 8.05. The van der Waals surface area contributed by atoms with Crippen LogP contribution >= 0.6 is 0 Å². The largest absolute Gasteiger partial charge is 0.278 e. The summed E-state index contributed by atoms with van der Waals surface area (Å²) in [5, 5.41) is 8.50. The second kappa shape index (κ2) is 3.44. The van der Waals surface area contributed by atoms with Crippen LogP contribution in [0.1, 0.15) is 12.1 Å². The van der Waals surface area contributed by atoms with Crippen LogP contribution in [0.2, 0.25) is 0 Å². The Balaban J connectivity index is 2.40. The van der Waals surface area contributed by atoms with E-state index in [1.807, 2.05) is 24.3 Å². The average Bonchev–Trinajstić information content (AvgIpc) is 2.58. The lowest BCUT2D eigenvalue weighted by Crippen LogP contribution is -1.83. The number of nitrogens with zero attached hydrogens (tertiary/aromatic N) is 1. The van der Waals surface area contributed by atoms with Gasteiger partial charge >= 0.3 is 0 Å². The fourth-order valence-electron chi connectivity index (χ4n) is 1.45. The summed E-state index contributed by atoms with van der Waals surface area (Å²) in [5.41, 5.74) is 2.25. The van der Waals surface area contributed by atoms with Crippen LogP contribution in [0.15, 0.2) is 36.9 Å². The predicted molar refractivity (Wildman–Crippen MR) is 54.6 cm³/mol. The van der Waals surface area contributed by atoms with Gasteiger partial charge in [0.1, 0.15) is 0 Å². The Kier molecular flexibility index (Phi) is 2.13. The molecule has 1 aromatic carbocycles. The number of nitrogens with one attached hydrogen (secondary N) is 1. The first-order valence-corrected chi connectivity index (χ1v) is 4.44. The zero-order chi connectivity index (χ0) is 9.10. The molecule has 0 bridgehead atoms. The van der Waals surface area contributed by atoms with Crippen LogP contribution < -0.4 is 0 Å². The minimum absolute atomic E-state index is 0.966. The number of hydrogen-bond acceptors (Lipinski definition) is 1. The molecule has 2 rings (SSSR count). The number of para-hydroxylation sites is 1. The number of fused-ring (bicyclic) bond motifs is 1. The van der Waals surface area contributed by atoms with Crippen LogP contribution in [0.5, 0.6) is 0 Å². The maximum atomic E-state index is 4.26. The summed E-state index contributed by atoms with van der Waals surface area (Å²) in [5.74, 6) is 0.